The van der Waals surface area contributed by atoms with Crippen LogP contribution < -0.4 is 14.2 Å². The van der Waals surface area contributed by atoms with Crippen molar-refractivity contribution in [1.29, 1.82) is 0 Å². The number of hydrogen-bond donors (Lipinski definition) is 7. The second kappa shape index (κ2) is 9.97. The third kappa shape index (κ3) is 4.36. The average Bonchev–Trinajstić information content (AvgIpc) is 2.86. The molecule has 2 aliphatic heterocycles. The maximum absolute atomic E-state index is 13.7. The molecule has 2 heterocycles. The van der Waals surface area contributed by atoms with Crippen LogP contribution in [0.25, 0.3) is 0 Å². The number of carbonyl (C=O) groups excluding carboxylic acids is 1. The molecule has 0 aliphatic carbocycles. The van der Waals surface area contributed by atoms with E-state index in [-0.39, 0.29) is 34.1 Å². The van der Waals surface area contributed by atoms with Crippen LogP contribution in [-0.4, -0.2) is 99.2 Å². The summed E-state index contributed by atoms with van der Waals surface area (Å²) in [6.45, 7) is -0.720. The normalized spacial score (nSPS) is 29.8. The number of ketones is 1. The van der Waals surface area contributed by atoms with Crippen LogP contribution in [-0.2, 0) is 9.47 Å². The fourth-order valence-corrected chi connectivity index (χ4v) is 4.19. The average molecular weight is 510 g/mol. The minimum absolute atomic E-state index is 0.0398. The highest BCUT2D eigenvalue weighted by Gasteiger charge is 2.49. The van der Waals surface area contributed by atoms with Crippen LogP contribution in [0.3, 0.4) is 0 Å². The summed E-state index contributed by atoms with van der Waals surface area (Å²) in [4.78, 5) is 13.7. The molecule has 7 N–H and O–H groups in total. The zero-order valence-corrected chi connectivity index (χ0v) is 19.1. The first kappa shape index (κ1) is 25.8. The van der Waals surface area contributed by atoms with Gasteiger partial charge in [-0.2, -0.15) is 0 Å². The standard InChI is InChI=1S/C23H26O13/c1-32-11-5-9(25)6-12-15(11)18(29)22(36-23-20(31)19(30)17(28)14(7-24)35-23)21(34-12)8-3-10(26)16(27)13(4-8)33-2/h3-6,14,17,19-28,30-31H,7H2,1-2H3. The Bertz CT molecular complexity index is 1130. The predicted molar refractivity (Wildman–Crippen MR) is 117 cm³/mol. The molecule has 2 aromatic carbocycles. The first-order chi connectivity index (χ1) is 17.1. The molecular weight excluding hydrogens is 484 g/mol. The zero-order valence-electron chi connectivity index (χ0n) is 19.1. The van der Waals surface area contributed by atoms with E-state index < -0.39 is 66.8 Å². The van der Waals surface area contributed by atoms with Gasteiger partial charge in [0.25, 0.3) is 0 Å². The molecule has 0 radical (unpaired) electrons. The van der Waals surface area contributed by atoms with Gasteiger partial charge in [-0.1, -0.05) is 0 Å². The molecule has 13 heteroatoms. The molecule has 1 fully saturated rings. The smallest absolute Gasteiger partial charge is 0.203 e. The van der Waals surface area contributed by atoms with Crippen LogP contribution in [0.5, 0.6) is 34.5 Å². The van der Waals surface area contributed by atoms with E-state index in [2.05, 4.69) is 0 Å². The summed E-state index contributed by atoms with van der Waals surface area (Å²) >= 11 is 0. The van der Waals surface area contributed by atoms with Gasteiger partial charge in [0.05, 0.1) is 20.8 Å². The Hall–Kier alpha value is -3.33. The number of aliphatic hydroxyl groups is 4. The lowest BCUT2D eigenvalue weighted by Crippen LogP contribution is -2.60. The molecule has 36 heavy (non-hydrogen) atoms. The number of carbonyl (C=O) groups is 1. The van der Waals surface area contributed by atoms with Gasteiger partial charge in [-0.05, 0) is 12.1 Å². The highest BCUT2D eigenvalue weighted by Crippen LogP contribution is 2.46. The van der Waals surface area contributed by atoms with Crippen molar-refractivity contribution in [3.8, 4) is 34.5 Å². The third-order valence-corrected chi connectivity index (χ3v) is 6.06. The van der Waals surface area contributed by atoms with Gasteiger partial charge in [0, 0.05) is 17.7 Å². The molecule has 0 saturated carbocycles. The molecule has 7 unspecified atom stereocenters. The summed E-state index contributed by atoms with van der Waals surface area (Å²) < 4.78 is 27.4. The monoisotopic (exact) mass is 510 g/mol. The summed E-state index contributed by atoms with van der Waals surface area (Å²) in [6.07, 6.45) is -11.2. The van der Waals surface area contributed by atoms with Gasteiger partial charge in [0.2, 0.25) is 11.5 Å². The number of aliphatic hydroxyl groups excluding tert-OH is 4. The zero-order chi connectivity index (χ0) is 26.3. The Balaban J connectivity index is 1.80. The van der Waals surface area contributed by atoms with Crippen molar-refractivity contribution in [2.75, 3.05) is 20.8 Å². The first-order valence-corrected chi connectivity index (χ1v) is 10.8. The quantitative estimate of drug-likeness (QED) is 0.241. The molecule has 0 aromatic heterocycles. The van der Waals surface area contributed by atoms with E-state index in [1.54, 1.807) is 0 Å². The van der Waals surface area contributed by atoms with Gasteiger partial charge < -0.3 is 59.4 Å². The van der Waals surface area contributed by atoms with E-state index in [0.29, 0.717) is 0 Å². The maximum atomic E-state index is 13.7. The number of phenols is 3. The van der Waals surface area contributed by atoms with Crippen LogP contribution in [0.15, 0.2) is 24.3 Å². The number of hydrogen-bond acceptors (Lipinski definition) is 13. The highest BCUT2D eigenvalue weighted by atomic mass is 16.7. The number of ether oxygens (including phenoxy) is 5. The number of rotatable bonds is 6. The number of phenolic OH excluding ortho intramolecular Hbond substituents is 3. The van der Waals surface area contributed by atoms with Gasteiger partial charge >= 0.3 is 0 Å². The first-order valence-electron chi connectivity index (χ1n) is 10.8. The molecule has 0 bridgehead atoms. The number of aromatic hydroxyl groups is 3. The molecule has 0 spiro atoms. The highest BCUT2D eigenvalue weighted by molar-refractivity contribution is 6.06. The molecule has 196 valence electrons. The van der Waals surface area contributed by atoms with E-state index in [1.807, 2.05) is 0 Å². The summed E-state index contributed by atoms with van der Waals surface area (Å²) in [6, 6.07) is 4.73. The Morgan fingerprint density at radius 1 is 0.917 bits per heavy atom. The maximum Gasteiger partial charge on any atom is 0.203 e. The fourth-order valence-electron chi connectivity index (χ4n) is 4.19. The van der Waals surface area contributed by atoms with Crippen molar-refractivity contribution in [2.24, 2.45) is 0 Å². The molecule has 7 atom stereocenters. The van der Waals surface area contributed by atoms with Gasteiger partial charge in [0.1, 0.15) is 47.2 Å². The van der Waals surface area contributed by atoms with E-state index in [4.69, 9.17) is 23.7 Å². The topological polar surface area (TPSA) is 205 Å². The molecule has 1 saturated heterocycles. The third-order valence-electron chi connectivity index (χ3n) is 6.06. The Morgan fingerprint density at radius 3 is 2.25 bits per heavy atom. The number of benzene rings is 2. The van der Waals surface area contributed by atoms with Crippen molar-refractivity contribution in [1.82, 2.24) is 0 Å². The lowest BCUT2D eigenvalue weighted by Gasteiger charge is -2.42. The summed E-state index contributed by atoms with van der Waals surface area (Å²) in [5.41, 5.74) is -0.00541. The molecule has 13 nitrogen and oxygen atoms in total. The van der Waals surface area contributed by atoms with Gasteiger partial charge in [-0.15, -0.1) is 0 Å². The van der Waals surface area contributed by atoms with Crippen molar-refractivity contribution in [3.63, 3.8) is 0 Å². The van der Waals surface area contributed by atoms with E-state index in [9.17, 15) is 40.5 Å². The number of methoxy groups -OCH3 is 2. The molecule has 2 aliphatic rings. The lowest BCUT2D eigenvalue weighted by molar-refractivity contribution is -0.311. The van der Waals surface area contributed by atoms with Crippen LogP contribution in [0.1, 0.15) is 22.0 Å². The Morgan fingerprint density at radius 2 is 1.61 bits per heavy atom. The fraction of sp³-hybridized carbons (Fsp3) is 0.435. The number of fused-ring (bicyclic) bond motifs is 1. The van der Waals surface area contributed by atoms with Crippen LogP contribution in [0, 0.1) is 0 Å². The Labute approximate surface area is 204 Å². The van der Waals surface area contributed by atoms with E-state index >= 15 is 0 Å². The SMILES string of the molecule is COc1cc(C2Oc3cc(O)cc(OC)c3C(=O)C2OC2OC(CO)C(O)C(O)C2O)cc(O)c1O. The molecule has 0 amide bonds. The Kier molecular flexibility index (Phi) is 7.13. The predicted octanol–water partition coefficient (Wildman–Crippen LogP) is -0.678. The second-order valence-electron chi connectivity index (χ2n) is 8.27. The van der Waals surface area contributed by atoms with Crippen LogP contribution in [0.2, 0.25) is 0 Å². The van der Waals surface area contributed by atoms with Crippen LogP contribution >= 0.6 is 0 Å². The van der Waals surface area contributed by atoms with E-state index in [1.165, 1.54) is 32.4 Å². The minimum atomic E-state index is -1.82. The lowest BCUT2D eigenvalue weighted by atomic mass is 9.91. The molecular formula is C23H26O13. The molecule has 4 rings (SSSR count). The summed E-state index contributed by atoms with van der Waals surface area (Å²) in [5, 5.41) is 70.4. The summed E-state index contributed by atoms with van der Waals surface area (Å²) in [5.74, 6) is -2.42. The van der Waals surface area contributed by atoms with Crippen molar-refractivity contribution >= 4 is 5.78 Å². The summed E-state index contributed by atoms with van der Waals surface area (Å²) in [7, 11) is 2.51. The second-order valence-corrected chi connectivity index (χ2v) is 8.27. The van der Waals surface area contributed by atoms with Crippen molar-refractivity contribution in [2.45, 2.75) is 42.9 Å². The minimum Gasteiger partial charge on any atom is -0.508 e. The van der Waals surface area contributed by atoms with Gasteiger partial charge in [-0.3, -0.25) is 4.79 Å². The van der Waals surface area contributed by atoms with Crippen molar-refractivity contribution < 1.29 is 64.2 Å². The van der Waals surface area contributed by atoms with Gasteiger partial charge in [0.15, 0.2) is 30.0 Å². The largest absolute Gasteiger partial charge is 0.508 e. The van der Waals surface area contributed by atoms with Gasteiger partial charge in [-0.25, -0.2) is 0 Å². The van der Waals surface area contributed by atoms with Crippen molar-refractivity contribution in [3.05, 3.63) is 35.4 Å². The van der Waals surface area contributed by atoms with Crippen LogP contribution in [0.4, 0.5) is 0 Å². The molecule has 2 aromatic rings. The van der Waals surface area contributed by atoms with E-state index in [0.717, 1.165) is 6.07 Å². The number of Topliss-reactive ketones (excluding diaryl/α,β-unsaturated/α-hetero) is 1.